The minimum Gasteiger partial charge on any atom is -0.386 e. The van der Waals surface area contributed by atoms with Crippen LogP contribution in [0.1, 0.15) is 12.8 Å². The molecule has 0 aromatic rings. The molecule has 0 aliphatic heterocycles. The van der Waals surface area contributed by atoms with Crippen molar-refractivity contribution in [2.75, 3.05) is 0 Å². The third-order valence-electron chi connectivity index (χ3n) is 0.667. The molecule has 0 aromatic heterocycles. The first-order valence-corrected chi connectivity index (χ1v) is 1.63. The summed E-state index contributed by atoms with van der Waals surface area (Å²) in [6.45, 7) is 0. The Labute approximate surface area is 44.8 Å². The minimum atomic E-state index is 0. The van der Waals surface area contributed by atoms with E-state index in [2.05, 4.69) is 12.8 Å². The molecule has 1 fully saturated rings. The number of hydrogen-bond donors (Lipinski definition) is 0. The zero-order valence-corrected chi connectivity index (χ0v) is 4.41. The van der Waals surface area contributed by atoms with Crippen molar-refractivity contribution < 1.29 is 18.6 Å². The molecule has 0 saturated heterocycles. The van der Waals surface area contributed by atoms with E-state index in [4.69, 9.17) is 0 Å². The summed E-state index contributed by atoms with van der Waals surface area (Å²) in [5, 5.41) is 0. The molecule has 0 N–H and O–H groups in total. The Kier molecular flexibility index (Phi) is 3.13. The first-order chi connectivity index (χ1) is 2.00. The van der Waals surface area contributed by atoms with Gasteiger partial charge in [0.2, 0.25) is 0 Å². The van der Waals surface area contributed by atoms with Crippen LogP contribution in [0.15, 0.2) is 0 Å². The van der Waals surface area contributed by atoms with Gasteiger partial charge in [0, 0.05) is 0 Å². The van der Waals surface area contributed by atoms with Crippen LogP contribution in [0.5, 0.6) is 0 Å². The van der Waals surface area contributed by atoms with Crippen LogP contribution in [-0.4, -0.2) is 0 Å². The van der Waals surface area contributed by atoms with E-state index in [1.54, 1.807) is 0 Å². The van der Waals surface area contributed by atoms with E-state index >= 15 is 0 Å². The van der Waals surface area contributed by atoms with Gasteiger partial charge in [0.25, 0.3) is 0 Å². The average molecular weight is 105 g/mol. The van der Waals surface area contributed by atoms with Crippen molar-refractivity contribution in [2.45, 2.75) is 12.8 Å². The fourth-order valence-electron chi connectivity index (χ4n) is 0.167. The molecule has 0 aromatic carbocycles. The molecule has 0 bridgehead atoms. The molecular weight excluding hydrogens is 99.0 g/mol. The third kappa shape index (κ3) is 1.46. The number of hydrogen-bond acceptors (Lipinski definition) is 0. The normalized spacial score (nSPS) is 19.2. The Hall–Kier alpha value is 0.584. The molecule has 1 aliphatic rings. The van der Waals surface area contributed by atoms with Crippen molar-refractivity contribution >= 4 is 0 Å². The van der Waals surface area contributed by atoms with E-state index in [0.29, 0.717) is 0 Å². The molecule has 1 radical (unpaired) electrons. The Morgan fingerprint density at radius 3 is 1.20 bits per heavy atom. The zero-order valence-electron chi connectivity index (χ0n) is 3.02. The number of rotatable bonds is 0. The third-order valence-corrected chi connectivity index (χ3v) is 0.667. The molecule has 0 spiro atoms. The van der Waals surface area contributed by atoms with Crippen molar-refractivity contribution in [3.05, 3.63) is 12.8 Å². The molecule has 1 saturated carbocycles. The van der Waals surface area contributed by atoms with Gasteiger partial charge in [-0.15, -0.1) is 0 Å². The van der Waals surface area contributed by atoms with Gasteiger partial charge < -0.3 is 25.7 Å². The maximum atomic E-state index is 2.25. The summed E-state index contributed by atoms with van der Waals surface area (Å²) in [5.74, 6) is 0. The van der Waals surface area contributed by atoms with Crippen LogP contribution in [0.25, 0.3) is 0 Å². The Morgan fingerprint density at radius 2 is 1.20 bits per heavy atom. The van der Waals surface area contributed by atoms with E-state index in [0.717, 1.165) is 0 Å². The molecular formula is C4H6V. The van der Waals surface area contributed by atoms with Crippen molar-refractivity contribution in [1.29, 1.82) is 0 Å². The van der Waals surface area contributed by atoms with Crippen LogP contribution in [0.4, 0.5) is 0 Å². The smallest absolute Gasteiger partial charge is 0.386 e. The maximum absolute atomic E-state index is 2.25. The zero-order chi connectivity index (χ0) is 2.83. The van der Waals surface area contributed by atoms with E-state index in [9.17, 15) is 0 Å². The fraction of sp³-hybridized carbons (Fsp3) is 0.500. The Balaban J connectivity index is 0.000000160. The standard InChI is InChI=1S/C4H6.V/c1-2-4-3-1;/h1,4H,2-3H2;/q-2;+2. The fourth-order valence-corrected chi connectivity index (χ4v) is 0.167. The molecule has 1 rings (SSSR count). The molecule has 1 aliphatic carbocycles. The minimum absolute atomic E-state index is 0. The van der Waals surface area contributed by atoms with Gasteiger partial charge >= 0.3 is 18.6 Å². The molecule has 0 heterocycles. The molecule has 0 nitrogen and oxygen atoms in total. The SMILES string of the molecule is [CH-]1C[CH-]C1.[V+2]. The van der Waals surface area contributed by atoms with Gasteiger partial charge in [0.1, 0.15) is 0 Å². The molecule has 27 valence electrons. The molecule has 0 amide bonds. The van der Waals surface area contributed by atoms with E-state index in [1.165, 1.54) is 12.8 Å². The van der Waals surface area contributed by atoms with Gasteiger partial charge in [-0.1, -0.05) is 0 Å². The van der Waals surface area contributed by atoms with Crippen LogP contribution < -0.4 is 0 Å². The van der Waals surface area contributed by atoms with Crippen LogP contribution in [0.2, 0.25) is 0 Å². The van der Waals surface area contributed by atoms with Crippen molar-refractivity contribution in [2.24, 2.45) is 0 Å². The first-order valence-electron chi connectivity index (χ1n) is 1.63. The summed E-state index contributed by atoms with van der Waals surface area (Å²) >= 11 is 0. The predicted octanol–water partition coefficient (Wildman–Crippen LogP) is 1.19. The van der Waals surface area contributed by atoms with Crippen LogP contribution in [0.3, 0.4) is 0 Å². The van der Waals surface area contributed by atoms with Gasteiger partial charge in [-0.25, -0.2) is 0 Å². The second kappa shape index (κ2) is 2.80. The van der Waals surface area contributed by atoms with E-state index < -0.39 is 0 Å². The topological polar surface area (TPSA) is 0 Å². The van der Waals surface area contributed by atoms with Crippen LogP contribution in [0, 0.1) is 12.8 Å². The van der Waals surface area contributed by atoms with Crippen LogP contribution >= 0.6 is 0 Å². The van der Waals surface area contributed by atoms with E-state index in [-0.39, 0.29) is 18.6 Å². The second-order valence-corrected chi connectivity index (χ2v) is 1.05. The molecule has 1 heteroatoms. The molecule has 0 unspecified atom stereocenters. The summed E-state index contributed by atoms with van der Waals surface area (Å²) in [6, 6.07) is 0. The second-order valence-electron chi connectivity index (χ2n) is 1.05. The predicted molar refractivity (Wildman–Crippen MR) is 17.8 cm³/mol. The average Bonchev–Trinajstić information content (AvgIpc) is 0.722. The summed E-state index contributed by atoms with van der Waals surface area (Å²) in [6.07, 6.45) is 7.00. The Morgan fingerprint density at radius 1 is 1.00 bits per heavy atom. The largest absolute Gasteiger partial charge is 2.00 e. The summed E-state index contributed by atoms with van der Waals surface area (Å²) in [5.41, 5.74) is 0. The summed E-state index contributed by atoms with van der Waals surface area (Å²) in [7, 11) is 0. The first kappa shape index (κ1) is 5.58. The van der Waals surface area contributed by atoms with Gasteiger partial charge in [0.15, 0.2) is 0 Å². The van der Waals surface area contributed by atoms with E-state index in [1.807, 2.05) is 0 Å². The molecule has 0 atom stereocenters. The Bertz CT molecular complexity index is 11.6. The van der Waals surface area contributed by atoms with Crippen molar-refractivity contribution in [3.8, 4) is 0 Å². The van der Waals surface area contributed by atoms with Gasteiger partial charge in [0.05, 0.1) is 0 Å². The monoisotopic (exact) mass is 105 g/mol. The summed E-state index contributed by atoms with van der Waals surface area (Å²) < 4.78 is 0. The van der Waals surface area contributed by atoms with Crippen LogP contribution in [-0.2, 0) is 18.6 Å². The summed E-state index contributed by atoms with van der Waals surface area (Å²) in [4.78, 5) is 0. The maximum Gasteiger partial charge on any atom is 2.00 e. The van der Waals surface area contributed by atoms with Crippen molar-refractivity contribution in [3.63, 3.8) is 0 Å². The molecule has 5 heavy (non-hydrogen) atoms. The quantitative estimate of drug-likeness (QED) is 0.406. The van der Waals surface area contributed by atoms with Gasteiger partial charge in [-0.3, -0.25) is 0 Å². The van der Waals surface area contributed by atoms with Crippen molar-refractivity contribution in [1.82, 2.24) is 0 Å². The van der Waals surface area contributed by atoms with Gasteiger partial charge in [-0.2, -0.15) is 0 Å². The van der Waals surface area contributed by atoms with Gasteiger partial charge in [-0.05, 0) is 0 Å².